The molecular weight excluding hydrogens is 248 g/mol. The van der Waals surface area contributed by atoms with E-state index in [9.17, 15) is 5.11 Å². The first-order valence-corrected chi connectivity index (χ1v) is 8.93. The van der Waals surface area contributed by atoms with Crippen LogP contribution in [-0.4, -0.2) is 47.3 Å². The van der Waals surface area contributed by atoms with Crippen molar-refractivity contribution in [2.45, 2.75) is 75.4 Å². The van der Waals surface area contributed by atoms with Gasteiger partial charge < -0.3 is 10.4 Å². The maximum atomic E-state index is 10.1. The number of aliphatic hydroxyl groups excluding tert-OH is 1. The van der Waals surface area contributed by atoms with Gasteiger partial charge in [-0.25, -0.2) is 0 Å². The van der Waals surface area contributed by atoms with Gasteiger partial charge in [0.05, 0.1) is 12.1 Å². The average molecular weight is 278 g/mol. The average Bonchev–Trinajstić information content (AvgIpc) is 3.38. The number of nitrogens with zero attached hydrogens (tertiary/aromatic N) is 1. The van der Waals surface area contributed by atoms with Gasteiger partial charge in [0, 0.05) is 18.6 Å². The predicted octanol–water partition coefficient (Wildman–Crippen LogP) is 2.14. The van der Waals surface area contributed by atoms with Crippen molar-refractivity contribution in [3.05, 3.63) is 0 Å². The molecule has 1 aliphatic heterocycles. The van der Waals surface area contributed by atoms with Gasteiger partial charge >= 0.3 is 0 Å². The maximum absolute atomic E-state index is 10.1. The second kappa shape index (κ2) is 5.26. The largest absolute Gasteiger partial charge is 0.394 e. The zero-order chi connectivity index (χ0) is 13.6. The Labute approximate surface area is 123 Å². The number of aliphatic hydroxyl groups is 1. The first-order valence-electron chi connectivity index (χ1n) is 8.93. The molecule has 0 spiro atoms. The first kappa shape index (κ1) is 13.5. The van der Waals surface area contributed by atoms with Gasteiger partial charge in [0.1, 0.15) is 0 Å². The molecule has 3 nitrogen and oxygen atoms in total. The minimum Gasteiger partial charge on any atom is -0.394 e. The fourth-order valence-electron chi connectivity index (χ4n) is 4.90. The second-order valence-electron chi connectivity index (χ2n) is 7.88. The van der Waals surface area contributed by atoms with Gasteiger partial charge in [0.2, 0.25) is 0 Å². The molecule has 4 fully saturated rings. The van der Waals surface area contributed by atoms with Crippen molar-refractivity contribution in [2.75, 3.05) is 19.7 Å². The van der Waals surface area contributed by atoms with Crippen LogP contribution in [0.2, 0.25) is 0 Å². The van der Waals surface area contributed by atoms with E-state index in [4.69, 9.17) is 0 Å². The Morgan fingerprint density at radius 2 is 1.80 bits per heavy atom. The summed E-state index contributed by atoms with van der Waals surface area (Å²) < 4.78 is 0. The fraction of sp³-hybridized carbons (Fsp3) is 1.00. The van der Waals surface area contributed by atoms with Gasteiger partial charge in [-0.1, -0.05) is 6.42 Å². The standard InChI is InChI=1S/C17H30N2O/c20-12-17(14-6-7-14,18-15-8-9-15)11-19-10-2-4-13-3-1-5-16(13)19/h13-16,18,20H,1-12H2. The molecule has 4 rings (SSSR count). The van der Waals surface area contributed by atoms with Gasteiger partial charge in [0.15, 0.2) is 0 Å². The number of rotatable bonds is 6. The smallest absolute Gasteiger partial charge is 0.0628 e. The summed E-state index contributed by atoms with van der Waals surface area (Å²) in [4.78, 5) is 2.76. The third kappa shape index (κ3) is 2.53. The Bertz CT molecular complexity index is 353. The normalized spacial score (nSPS) is 37.6. The van der Waals surface area contributed by atoms with Gasteiger partial charge in [-0.05, 0) is 69.7 Å². The molecular formula is C17H30N2O. The lowest BCUT2D eigenvalue weighted by Gasteiger charge is -2.45. The van der Waals surface area contributed by atoms with Crippen LogP contribution in [0.4, 0.5) is 0 Å². The van der Waals surface area contributed by atoms with Crippen LogP contribution < -0.4 is 5.32 Å². The van der Waals surface area contributed by atoms with Gasteiger partial charge in [0.25, 0.3) is 0 Å². The van der Waals surface area contributed by atoms with Gasteiger partial charge in [-0.2, -0.15) is 0 Å². The third-order valence-corrected chi connectivity index (χ3v) is 6.30. The highest BCUT2D eigenvalue weighted by atomic mass is 16.3. The van der Waals surface area contributed by atoms with Crippen molar-refractivity contribution in [1.82, 2.24) is 10.2 Å². The summed E-state index contributed by atoms with van der Waals surface area (Å²) in [5.74, 6) is 1.69. The van der Waals surface area contributed by atoms with E-state index in [1.165, 1.54) is 64.3 Å². The van der Waals surface area contributed by atoms with E-state index >= 15 is 0 Å². The summed E-state index contributed by atoms with van der Waals surface area (Å²) in [5, 5.41) is 14.0. The molecule has 0 aromatic heterocycles. The number of nitrogens with one attached hydrogen (secondary N) is 1. The summed E-state index contributed by atoms with van der Waals surface area (Å²) in [6.07, 6.45) is 12.4. The Morgan fingerprint density at radius 1 is 1.00 bits per heavy atom. The lowest BCUT2D eigenvalue weighted by atomic mass is 9.87. The van der Waals surface area contributed by atoms with Crippen molar-refractivity contribution in [2.24, 2.45) is 11.8 Å². The Kier molecular flexibility index (Phi) is 3.56. The molecule has 3 saturated carbocycles. The molecule has 0 aromatic carbocycles. The number of piperidine rings is 1. The highest BCUT2D eigenvalue weighted by molar-refractivity contribution is 5.07. The van der Waals surface area contributed by atoms with Crippen LogP contribution in [0, 0.1) is 11.8 Å². The Hall–Kier alpha value is -0.120. The molecule has 20 heavy (non-hydrogen) atoms. The molecule has 4 aliphatic rings. The van der Waals surface area contributed by atoms with E-state index in [2.05, 4.69) is 10.2 Å². The van der Waals surface area contributed by atoms with Crippen LogP contribution in [0.1, 0.15) is 57.8 Å². The summed E-state index contributed by atoms with van der Waals surface area (Å²) in [6.45, 7) is 2.70. The van der Waals surface area contributed by atoms with Crippen LogP contribution in [0.3, 0.4) is 0 Å². The molecule has 2 N–H and O–H groups in total. The molecule has 3 aliphatic carbocycles. The zero-order valence-corrected chi connectivity index (χ0v) is 12.7. The molecule has 114 valence electrons. The van der Waals surface area contributed by atoms with E-state index in [0.717, 1.165) is 24.4 Å². The highest BCUT2D eigenvalue weighted by Crippen LogP contribution is 2.44. The van der Waals surface area contributed by atoms with Crippen LogP contribution in [-0.2, 0) is 0 Å². The number of fused-ring (bicyclic) bond motifs is 1. The maximum Gasteiger partial charge on any atom is 0.0628 e. The molecule has 1 saturated heterocycles. The molecule has 3 heteroatoms. The summed E-state index contributed by atoms with van der Waals surface area (Å²) in [7, 11) is 0. The minimum absolute atomic E-state index is 0.0195. The van der Waals surface area contributed by atoms with E-state index in [0.29, 0.717) is 12.6 Å². The molecule has 0 radical (unpaired) electrons. The van der Waals surface area contributed by atoms with Gasteiger partial charge in [-0.3, -0.25) is 4.90 Å². The number of hydrogen-bond donors (Lipinski definition) is 2. The Balaban J connectivity index is 1.48. The second-order valence-corrected chi connectivity index (χ2v) is 7.88. The topological polar surface area (TPSA) is 35.5 Å². The van der Waals surface area contributed by atoms with Crippen molar-refractivity contribution >= 4 is 0 Å². The van der Waals surface area contributed by atoms with Crippen LogP contribution in [0.5, 0.6) is 0 Å². The number of likely N-dealkylation sites (tertiary alicyclic amines) is 1. The van der Waals surface area contributed by atoms with E-state index in [-0.39, 0.29) is 5.54 Å². The van der Waals surface area contributed by atoms with Crippen LogP contribution in [0.25, 0.3) is 0 Å². The first-order chi connectivity index (χ1) is 9.81. The molecule has 1 heterocycles. The summed E-state index contributed by atoms with van der Waals surface area (Å²) in [6, 6.07) is 1.53. The zero-order valence-electron chi connectivity index (χ0n) is 12.7. The molecule has 0 bridgehead atoms. The molecule has 0 aromatic rings. The third-order valence-electron chi connectivity index (χ3n) is 6.30. The minimum atomic E-state index is 0.0195. The quantitative estimate of drug-likeness (QED) is 0.781. The predicted molar refractivity (Wildman–Crippen MR) is 80.6 cm³/mol. The van der Waals surface area contributed by atoms with E-state index < -0.39 is 0 Å². The Morgan fingerprint density at radius 3 is 2.50 bits per heavy atom. The fourth-order valence-corrected chi connectivity index (χ4v) is 4.90. The summed E-state index contributed by atoms with van der Waals surface area (Å²) in [5.41, 5.74) is 0.0195. The summed E-state index contributed by atoms with van der Waals surface area (Å²) >= 11 is 0. The molecule has 3 atom stereocenters. The van der Waals surface area contributed by atoms with Crippen LogP contribution >= 0.6 is 0 Å². The lowest BCUT2D eigenvalue weighted by molar-refractivity contribution is 0.0388. The molecule has 3 unspecified atom stereocenters. The van der Waals surface area contributed by atoms with E-state index in [1.54, 1.807) is 0 Å². The lowest BCUT2D eigenvalue weighted by Crippen LogP contribution is -2.61. The highest BCUT2D eigenvalue weighted by Gasteiger charge is 2.49. The van der Waals surface area contributed by atoms with Crippen molar-refractivity contribution in [3.8, 4) is 0 Å². The van der Waals surface area contributed by atoms with Crippen molar-refractivity contribution in [1.29, 1.82) is 0 Å². The van der Waals surface area contributed by atoms with Crippen LogP contribution in [0.15, 0.2) is 0 Å². The van der Waals surface area contributed by atoms with Gasteiger partial charge in [-0.15, -0.1) is 0 Å². The number of hydrogen-bond acceptors (Lipinski definition) is 3. The van der Waals surface area contributed by atoms with E-state index in [1.807, 2.05) is 0 Å². The molecule has 0 amide bonds. The van der Waals surface area contributed by atoms with Crippen molar-refractivity contribution in [3.63, 3.8) is 0 Å². The monoisotopic (exact) mass is 278 g/mol. The van der Waals surface area contributed by atoms with Crippen molar-refractivity contribution < 1.29 is 5.11 Å². The SMILES string of the molecule is OCC(CN1CCCC2CCCC21)(NC1CC1)C1CC1.